The van der Waals surface area contributed by atoms with Crippen LogP contribution in [-0.2, 0) is 13.0 Å². The van der Waals surface area contributed by atoms with E-state index in [0.29, 0.717) is 0 Å². The minimum Gasteiger partial charge on any atom is -0.394 e. The molecule has 92 valence electrons. The van der Waals surface area contributed by atoms with Gasteiger partial charge in [0.1, 0.15) is 0 Å². The van der Waals surface area contributed by atoms with E-state index in [1.165, 1.54) is 9.75 Å². The van der Waals surface area contributed by atoms with E-state index in [9.17, 15) is 5.11 Å². The lowest BCUT2D eigenvalue weighted by atomic mass is 9.94. The van der Waals surface area contributed by atoms with Crippen molar-refractivity contribution in [2.24, 2.45) is 0 Å². The SMILES string of the molecule is CCc1ccc(CNC(CC)(CC)CO)s1. The highest BCUT2D eigenvalue weighted by Gasteiger charge is 2.24. The number of hydrogen-bond donors (Lipinski definition) is 2. The molecule has 0 saturated carbocycles. The zero-order valence-corrected chi connectivity index (χ0v) is 11.4. The van der Waals surface area contributed by atoms with Gasteiger partial charge in [-0.1, -0.05) is 20.8 Å². The van der Waals surface area contributed by atoms with Crippen LogP contribution in [0.2, 0.25) is 0 Å². The minimum atomic E-state index is -0.101. The van der Waals surface area contributed by atoms with Crippen LogP contribution >= 0.6 is 11.3 Å². The summed E-state index contributed by atoms with van der Waals surface area (Å²) in [6.07, 6.45) is 3.04. The summed E-state index contributed by atoms with van der Waals surface area (Å²) in [5, 5.41) is 12.9. The molecule has 0 amide bonds. The molecule has 1 aromatic rings. The summed E-state index contributed by atoms with van der Waals surface area (Å²) in [4.78, 5) is 2.79. The van der Waals surface area contributed by atoms with Crippen LogP contribution in [0.4, 0.5) is 0 Å². The van der Waals surface area contributed by atoms with Crippen molar-refractivity contribution >= 4 is 11.3 Å². The van der Waals surface area contributed by atoms with Gasteiger partial charge in [0.25, 0.3) is 0 Å². The summed E-state index contributed by atoms with van der Waals surface area (Å²) in [7, 11) is 0. The van der Waals surface area contributed by atoms with Crippen molar-refractivity contribution in [1.82, 2.24) is 5.32 Å². The second-order valence-electron chi connectivity index (χ2n) is 4.22. The predicted molar refractivity (Wildman–Crippen MR) is 70.9 cm³/mol. The highest BCUT2D eigenvalue weighted by Crippen LogP contribution is 2.20. The van der Waals surface area contributed by atoms with Gasteiger partial charge in [-0.25, -0.2) is 0 Å². The molecule has 1 aromatic heterocycles. The first-order valence-corrected chi connectivity index (χ1v) is 6.94. The molecule has 0 saturated heterocycles. The summed E-state index contributed by atoms with van der Waals surface area (Å²) >= 11 is 1.86. The van der Waals surface area contributed by atoms with Gasteiger partial charge in [-0.05, 0) is 31.4 Å². The maximum Gasteiger partial charge on any atom is 0.0613 e. The molecular formula is C13H23NOS. The van der Waals surface area contributed by atoms with Crippen molar-refractivity contribution in [3.05, 3.63) is 21.9 Å². The lowest BCUT2D eigenvalue weighted by Gasteiger charge is -2.30. The Hall–Kier alpha value is -0.380. The zero-order valence-electron chi connectivity index (χ0n) is 10.5. The van der Waals surface area contributed by atoms with Crippen molar-refractivity contribution in [3.8, 4) is 0 Å². The van der Waals surface area contributed by atoms with Crippen LogP contribution in [0.3, 0.4) is 0 Å². The lowest BCUT2D eigenvalue weighted by Crippen LogP contribution is -2.46. The van der Waals surface area contributed by atoms with Gasteiger partial charge in [0.2, 0.25) is 0 Å². The van der Waals surface area contributed by atoms with E-state index in [1.54, 1.807) is 0 Å². The summed E-state index contributed by atoms with van der Waals surface area (Å²) in [6.45, 7) is 7.51. The van der Waals surface area contributed by atoms with Crippen molar-refractivity contribution in [3.63, 3.8) is 0 Å². The molecule has 0 bridgehead atoms. The van der Waals surface area contributed by atoms with Crippen molar-refractivity contribution in [2.75, 3.05) is 6.61 Å². The number of aliphatic hydroxyl groups is 1. The van der Waals surface area contributed by atoms with Crippen LogP contribution in [0.15, 0.2) is 12.1 Å². The van der Waals surface area contributed by atoms with E-state index in [-0.39, 0.29) is 12.1 Å². The molecule has 0 aliphatic heterocycles. The molecule has 0 aromatic carbocycles. The van der Waals surface area contributed by atoms with E-state index < -0.39 is 0 Å². The van der Waals surface area contributed by atoms with Crippen LogP contribution in [0.1, 0.15) is 43.4 Å². The topological polar surface area (TPSA) is 32.3 Å². The van der Waals surface area contributed by atoms with Gasteiger partial charge in [-0.15, -0.1) is 11.3 Å². The van der Waals surface area contributed by atoms with E-state index >= 15 is 0 Å². The van der Waals surface area contributed by atoms with E-state index in [0.717, 1.165) is 25.8 Å². The molecule has 16 heavy (non-hydrogen) atoms. The number of thiophene rings is 1. The third-order valence-corrected chi connectivity index (χ3v) is 4.59. The summed E-state index contributed by atoms with van der Waals surface area (Å²) in [5.74, 6) is 0. The minimum absolute atomic E-state index is 0.101. The van der Waals surface area contributed by atoms with Crippen molar-refractivity contribution in [2.45, 2.75) is 52.1 Å². The molecule has 0 aliphatic carbocycles. The van der Waals surface area contributed by atoms with Crippen LogP contribution in [0.25, 0.3) is 0 Å². The number of aryl methyl sites for hydroxylation is 1. The molecule has 1 heterocycles. The molecule has 1 rings (SSSR count). The molecule has 0 spiro atoms. The molecule has 0 unspecified atom stereocenters. The summed E-state index contributed by atoms with van der Waals surface area (Å²) in [6, 6.07) is 4.38. The third kappa shape index (κ3) is 3.30. The summed E-state index contributed by atoms with van der Waals surface area (Å²) < 4.78 is 0. The van der Waals surface area contributed by atoms with Crippen molar-refractivity contribution < 1.29 is 5.11 Å². The zero-order chi connectivity index (χ0) is 12.0. The number of hydrogen-bond acceptors (Lipinski definition) is 3. The lowest BCUT2D eigenvalue weighted by molar-refractivity contribution is 0.150. The van der Waals surface area contributed by atoms with E-state index in [2.05, 4.69) is 38.2 Å². The normalized spacial score (nSPS) is 12.0. The Morgan fingerprint density at radius 2 is 1.81 bits per heavy atom. The smallest absolute Gasteiger partial charge is 0.0613 e. The van der Waals surface area contributed by atoms with Gasteiger partial charge in [-0.2, -0.15) is 0 Å². The highest BCUT2D eigenvalue weighted by molar-refractivity contribution is 7.11. The van der Waals surface area contributed by atoms with Crippen molar-refractivity contribution in [1.29, 1.82) is 0 Å². The monoisotopic (exact) mass is 241 g/mol. The average Bonchev–Trinajstić information content (AvgIpc) is 2.80. The maximum absolute atomic E-state index is 9.45. The highest BCUT2D eigenvalue weighted by atomic mass is 32.1. The Morgan fingerprint density at radius 1 is 1.19 bits per heavy atom. The molecule has 3 heteroatoms. The summed E-state index contributed by atoms with van der Waals surface area (Å²) in [5.41, 5.74) is -0.101. The first kappa shape index (κ1) is 13.7. The Kier molecular flexibility index (Phi) is 5.46. The van der Waals surface area contributed by atoms with Gasteiger partial charge >= 0.3 is 0 Å². The molecule has 0 atom stereocenters. The third-order valence-electron chi connectivity index (χ3n) is 3.36. The molecule has 0 radical (unpaired) electrons. The Labute approximate surface area is 103 Å². The largest absolute Gasteiger partial charge is 0.394 e. The van der Waals surface area contributed by atoms with Gasteiger partial charge in [-0.3, -0.25) is 0 Å². The second-order valence-corrected chi connectivity index (χ2v) is 5.47. The Balaban J connectivity index is 2.55. The average molecular weight is 241 g/mol. The van der Waals surface area contributed by atoms with Gasteiger partial charge < -0.3 is 10.4 Å². The standard InChI is InChI=1S/C13H23NOS/c1-4-11-7-8-12(16-11)9-14-13(5-2,6-3)10-15/h7-8,14-15H,4-6,9-10H2,1-3H3. The fourth-order valence-electron chi connectivity index (χ4n) is 1.76. The molecule has 0 aliphatic rings. The second kappa shape index (κ2) is 6.38. The van der Waals surface area contributed by atoms with Gasteiger partial charge in [0.05, 0.1) is 6.61 Å². The molecule has 0 fully saturated rings. The first-order valence-electron chi connectivity index (χ1n) is 6.13. The molecule has 2 nitrogen and oxygen atoms in total. The predicted octanol–water partition coefficient (Wildman–Crippen LogP) is 2.95. The molecular weight excluding hydrogens is 218 g/mol. The van der Waals surface area contributed by atoms with E-state index in [4.69, 9.17) is 0 Å². The van der Waals surface area contributed by atoms with Crippen LogP contribution in [-0.4, -0.2) is 17.3 Å². The quantitative estimate of drug-likeness (QED) is 0.769. The first-order chi connectivity index (χ1) is 7.69. The Bertz CT molecular complexity index is 296. The van der Waals surface area contributed by atoms with E-state index in [1.807, 2.05) is 11.3 Å². The van der Waals surface area contributed by atoms with Crippen LogP contribution < -0.4 is 5.32 Å². The Morgan fingerprint density at radius 3 is 2.25 bits per heavy atom. The number of aliphatic hydroxyl groups excluding tert-OH is 1. The van der Waals surface area contributed by atoms with Gasteiger partial charge in [0, 0.05) is 21.8 Å². The van der Waals surface area contributed by atoms with Crippen LogP contribution in [0.5, 0.6) is 0 Å². The van der Waals surface area contributed by atoms with Gasteiger partial charge in [0.15, 0.2) is 0 Å². The maximum atomic E-state index is 9.45. The fraction of sp³-hybridized carbons (Fsp3) is 0.692. The molecule has 2 N–H and O–H groups in total. The fourth-order valence-corrected chi connectivity index (χ4v) is 2.66. The van der Waals surface area contributed by atoms with Crippen LogP contribution in [0, 0.1) is 0 Å². The number of rotatable bonds is 7. The number of nitrogens with one attached hydrogen (secondary N) is 1.